The minimum atomic E-state index is -0.179. The van der Waals surface area contributed by atoms with Crippen molar-refractivity contribution >= 4 is 15.9 Å². The molecule has 2 fully saturated rings. The Bertz CT molecular complexity index is 438. The highest BCUT2D eigenvalue weighted by atomic mass is 79.9. The fourth-order valence-corrected chi connectivity index (χ4v) is 3.94. The molecular formula is C15H19BrFN. The molecule has 1 aromatic carbocycles. The van der Waals surface area contributed by atoms with E-state index >= 15 is 0 Å². The maximum absolute atomic E-state index is 13.2. The molecule has 3 rings (SSSR count). The van der Waals surface area contributed by atoms with Crippen LogP contribution in [0.3, 0.4) is 0 Å². The van der Waals surface area contributed by atoms with E-state index in [1.807, 2.05) is 19.2 Å². The van der Waals surface area contributed by atoms with Gasteiger partial charge in [-0.1, -0.05) is 6.07 Å². The zero-order valence-corrected chi connectivity index (χ0v) is 12.2. The lowest BCUT2D eigenvalue weighted by Crippen LogP contribution is -2.35. The van der Waals surface area contributed by atoms with Crippen molar-refractivity contribution in [2.45, 2.75) is 31.7 Å². The van der Waals surface area contributed by atoms with Crippen molar-refractivity contribution < 1.29 is 4.39 Å². The molecule has 0 radical (unpaired) electrons. The van der Waals surface area contributed by atoms with E-state index in [9.17, 15) is 4.39 Å². The summed E-state index contributed by atoms with van der Waals surface area (Å²) in [5.41, 5.74) is 1.21. The minimum absolute atomic E-state index is 0.179. The maximum atomic E-state index is 13.2. The Balaban J connectivity index is 1.67. The van der Waals surface area contributed by atoms with Gasteiger partial charge < -0.3 is 5.32 Å². The van der Waals surface area contributed by atoms with Gasteiger partial charge in [0.25, 0.3) is 0 Å². The fraction of sp³-hybridized carbons (Fsp3) is 0.600. The predicted molar refractivity (Wildman–Crippen MR) is 75.0 cm³/mol. The molecule has 18 heavy (non-hydrogen) atoms. The third-order valence-corrected chi connectivity index (χ3v) is 5.27. The van der Waals surface area contributed by atoms with E-state index in [0.717, 1.165) is 24.2 Å². The Morgan fingerprint density at radius 1 is 1.33 bits per heavy atom. The van der Waals surface area contributed by atoms with E-state index in [0.29, 0.717) is 10.5 Å². The summed E-state index contributed by atoms with van der Waals surface area (Å²) in [5.74, 6) is 2.67. The highest BCUT2D eigenvalue weighted by Crippen LogP contribution is 2.55. The number of halogens is 2. The molecule has 0 aromatic heterocycles. The summed E-state index contributed by atoms with van der Waals surface area (Å²) in [6, 6.07) is 5.91. The van der Waals surface area contributed by atoms with Crippen LogP contribution in [0.5, 0.6) is 0 Å². The molecular weight excluding hydrogens is 293 g/mol. The Hall–Kier alpha value is -0.410. The molecule has 1 N–H and O–H groups in total. The number of rotatable bonds is 4. The van der Waals surface area contributed by atoms with Crippen LogP contribution >= 0.6 is 15.9 Å². The molecule has 1 nitrogen and oxygen atoms in total. The van der Waals surface area contributed by atoms with Crippen molar-refractivity contribution in [2.24, 2.45) is 17.8 Å². The predicted octanol–water partition coefficient (Wildman–Crippen LogP) is 3.76. The number of hydrogen-bond acceptors (Lipinski definition) is 1. The monoisotopic (exact) mass is 311 g/mol. The van der Waals surface area contributed by atoms with Crippen molar-refractivity contribution in [1.29, 1.82) is 0 Å². The van der Waals surface area contributed by atoms with E-state index in [1.165, 1.54) is 24.8 Å². The quantitative estimate of drug-likeness (QED) is 0.892. The lowest BCUT2D eigenvalue weighted by atomic mass is 9.90. The van der Waals surface area contributed by atoms with Crippen molar-refractivity contribution in [3.63, 3.8) is 0 Å². The van der Waals surface area contributed by atoms with Crippen LogP contribution in [-0.2, 0) is 6.42 Å². The van der Waals surface area contributed by atoms with Gasteiger partial charge in [0, 0.05) is 6.04 Å². The summed E-state index contributed by atoms with van der Waals surface area (Å²) in [5, 5.41) is 3.46. The summed E-state index contributed by atoms with van der Waals surface area (Å²) in [6.45, 7) is 0. The van der Waals surface area contributed by atoms with Crippen LogP contribution in [0.25, 0.3) is 0 Å². The highest BCUT2D eigenvalue weighted by Gasteiger charge is 2.47. The first-order valence-electron chi connectivity index (χ1n) is 6.78. The highest BCUT2D eigenvalue weighted by molar-refractivity contribution is 9.10. The molecule has 0 aliphatic heterocycles. The van der Waals surface area contributed by atoms with Gasteiger partial charge >= 0.3 is 0 Å². The standard InChI is InChI=1S/C15H19BrFN/c1-18-15(12-7-10-6-11(10)8-12)5-9-2-3-14(17)13(16)4-9/h2-4,10-12,15,18H,5-8H2,1H3. The third kappa shape index (κ3) is 2.48. The summed E-state index contributed by atoms with van der Waals surface area (Å²) < 4.78 is 13.8. The Morgan fingerprint density at radius 3 is 2.67 bits per heavy atom. The summed E-state index contributed by atoms with van der Waals surface area (Å²) in [6.07, 6.45) is 5.24. The second kappa shape index (κ2) is 4.93. The van der Waals surface area contributed by atoms with E-state index in [1.54, 1.807) is 6.07 Å². The van der Waals surface area contributed by atoms with Crippen LogP contribution < -0.4 is 5.32 Å². The molecule has 3 heteroatoms. The van der Waals surface area contributed by atoms with Crippen LogP contribution in [0, 0.1) is 23.6 Å². The van der Waals surface area contributed by atoms with Crippen LogP contribution in [-0.4, -0.2) is 13.1 Å². The van der Waals surface area contributed by atoms with Gasteiger partial charge in [0.2, 0.25) is 0 Å². The number of hydrogen-bond donors (Lipinski definition) is 1. The number of nitrogens with one attached hydrogen (secondary N) is 1. The first-order chi connectivity index (χ1) is 8.67. The fourth-order valence-electron chi connectivity index (χ4n) is 3.52. The molecule has 3 atom stereocenters. The molecule has 2 saturated carbocycles. The molecule has 0 saturated heterocycles. The first kappa shape index (κ1) is 12.6. The lowest BCUT2D eigenvalue weighted by molar-refractivity contribution is 0.349. The number of fused-ring (bicyclic) bond motifs is 1. The van der Waals surface area contributed by atoms with Gasteiger partial charge in [-0.15, -0.1) is 0 Å². The van der Waals surface area contributed by atoms with Gasteiger partial charge in [0.05, 0.1) is 4.47 Å². The molecule has 98 valence electrons. The zero-order valence-electron chi connectivity index (χ0n) is 10.6. The maximum Gasteiger partial charge on any atom is 0.137 e. The summed E-state index contributed by atoms with van der Waals surface area (Å²) in [7, 11) is 2.05. The van der Waals surface area contributed by atoms with Crippen molar-refractivity contribution in [1.82, 2.24) is 5.32 Å². The van der Waals surface area contributed by atoms with Gasteiger partial charge in [0.15, 0.2) is 0 Å². The largest absolute Gasteiger partial charge is 0.316 e. The van der Waals surface area contributed by atoms with E-state index < -0.39 is 0 Å². The van der Waals surface area contributed by atoms with E-state index in [2.05, 4.69) is 21.2 Å². The van der Waals surface area contributed by atoms with Gasteiger partial charge in [-0.05, 0) is 84.1 Å². The number of benzene rings is 1. The molecule has 0 heterocycles. The average molecular weight is 312 g/mol. The van der Waals surface area contributed by atoms with Crippen molar-refractivity contribution in [2.75, 3.05) is 7.05 Å². The van der Waals surface area contributed by atoms with Crippen LogP contribution in [0.1, 0.15) is 24.8 Å². The summed E-state index contributed by atoms with van der Waals surface area (Å²) >= 11 is 3.26. The Labute approximate surface area is 116 Å². The molecule has 2 aliphatic rings. The van der Waals surface area contributed by atoms with E-state index in [4.69, 9.17) is 0 Å². The van der Waals surface area contributed by atoms with Gasteiger partial charge in [-0.2, -0.15) is 0 Å². The van der Waals surface area contributed by atoms with Crippen molar-refractivity contribution in [3.05, 3.63) is 34.1 Å². The van der Waals surface area contributed by atoms with Crippen molar-refractivity contribution in [3.8, 4) is 0 Å². The zero-order chi connectivity index (χ0) is 12.7. The normalized spacial score (nSPS) is 31.2. The smallest absolute Gasteiger partial charge is 0.137 e. The third-order valence-electron chi connectivity index (χ3n) is 4.66. The topological polar surface area (TPSA) is 12.0 Å². The molecule has 0 amide bonds. The second-order valence-electron chi connectivity index (χ2n) is 5.84. The second-order valence-corrected chi connectivity index (χ2v) is 6.69. The molecule has 1 aromatic rings. The molecule has 2 aliphatic carbocycles. The molecule has 3 unspecified atom stereocenters. The summed E-state index contributed by atoms with van der Waals surface area (Å²) in [4.78, 5) is 0. The molecule has 0 spiro atoms. The van der Waals surface area contributed by atoms with Gasteiger partial charge in [-0.3, -0.25) is 0 Å². The van der Waals surface area contributed by atoms with Gasteiger partial charge in [-0.25, -0.2) is 4.39 Å². The number of likely N-dealkylation sites (N-methyl/N-ethyl adjacent to an activating group) is 1. The first-order valence-corrected chi connectivity index (χ1v) is 7.58. The van der Waals surface area contributed by atoms with Crippen LogP contribution in [0.15, 0.2) is 22.7 Å². The Morgan fingerprint density at radius 2 is 2.06 bits per heavy atom. The Kier molecular flexibility index (Phi) is 3.46. The molecule has 0 bridgehead atoms. The van der Waals surface area contributed by atoms with Crippen LogP contribution in [0.4, 0.5) is 4.39 Å². The average Bonchev–Trinajstić information content (AvgIpc) is 2.97. The van der Waals surface area contributed by atoms with E-state index in [-0.39, 0.29) is 5.82 Å². The minimum Gasteiger partial charge on any atom is -0.316 e. The van der Waals surface area contributed by atoms with Gasteiger partial charge in [0.1, 0.15) is 5.82 Å². The SMILES string of the molecule is CNC(Cc1ccc(F)c(Br)c1)C1CC2CC2C1. The van der Waals surface area contributed by atoms with Crippen LogP contribution in [0.2, 0.25) is 0 Å². The lowest BCUT2D eigenvalue weighted by Gasteiger charge is -2.24.